The van der Waals surface area contributed by atoms with E-state index in [2.05, 4.69) is 0 Å². The second-order valence-electron chi connectivity index (χ2n) is 3.72. The summed E-state index contributed by atoms with van der Waals surface area (Å²) in [6.07, 6.45) is -0.100. The number of carbonyl (C=O) groups is 3. The fourth-order valence-corrected chi connectivity index (χ4v) is 1.76. The number of hydrogen-bond donors (Lipinski definition) is 3. The van der Waals surface area contributed by atoms with Gasteiger partial charge in [-0.1, -0.05) is 0 Å². The molecule has 2 atom stereocenters. The van der Waals surface area contributed by atoms with E-state index in [1.54, 1.807) is 0 Å². The Balaban J connectivity index is 2.75. The Bertz CT molecular complexity index is 317. The Kier molecular flexibility index (Phi) is 3.83. The average Bonchev–Trinajstić information content (AvgIpc) is 2.56. The molecule has 0 aromatic heterocycles. The van der Waals surface area contributed by atoms with E-state index >= 15 is 0 Å². The number of hydrogen-bond acceptors (Lipinski definition) is 4. The number of aliphatic carboxylic acids is 1. The summed E-state index contributed by atoms with van der Waals surface area (Å²) in [5, 5.41) is 17.6. The van der Waals surface area contributed by atoms with Gasteiger partial charge in [0.2, 0.25) is 11.8 Å². The standard InChI is InChI=1S/C9H14N2O5/c10-8(14)5-3-7(13)11(4-5)6(1-2-12)9(15)16/h5-6,12H,1-4H2,(H2,10,14)(H,15,16)/t5?,6-/m0/s1. The van der Waals surface area contributed by atoms with Gasteiger partial charge in [-0.3, -0.25) is 9.59 Å². The van der Waals surface area contributed by atoms with Crippen LogP contribution in [0.15, 0.2) is 0 Å². The van der Waals surface area contributed by atoms with Crippen LogP contribution in [-0.2, 0) is 14.4 Å². The molecule has 1 fully saturated rings. The summed E-state index contributed by atoms with van der Waals surface area (Å²) in [5.74, 6) is -2.84. The zero-order chi connectivity index (χ0) is 12.3. The van der Waals surface area contributed by atoms with E-state index in [9.17, 15) is 14.4 Å². The van der Waals surface area contributed by atoms with Gasteiger partial charge in [-0.25, -0.2) is 4.79 Å². The molecule has 1 saturated heterocycles. The van der Waals surface area contributed by atoms with Crippen LogP contribution in [0.2, 0.25) is 0 Å². The Hall–Kier alpha value is -1.63. The van der Waals surface area contributed by atoms with Gasteiger partial charge in [-0.2, -0.15) is 0 Å². The van der Waals surface area contributed by atoms with Crippen molar-refractivity contribution in [3.8, 4) is 0 Å². The highest BCUT2D eigenvalue weighted by atomic mass is 16.4. The van der Waals surface area contributed by atoms with Crippen LogP contribution in [0.25, 0.3) is 0 Å². The van der Waals surface area contributed by atoms with Crippen LogP contribution in [0, 0.1) is 5.92 Å². The zero-order valence-corrected chi connectivity index (χ0v) is 8.63. The van der Waals surface area contributed by atoms with E-state index in [1.807, 2.05) is 0 Å². The minimum absolute atomic E-state index is 0.0190. The molecular formula is C9H14N2O5. The van der Waals surface area contributed by atoms with Crippen molar-refractivity contribution in [1.82, 2.24) is 4.90 Å². The van der Waals surface area contributed by atoms with Gasteiger partial charge in [0.25, 0.3) is 0 Å². The molecule has 16 heavy (non-hydrogen) atoms. The predicted molar refractivity (Wildman–Crippen MR) is 52.1 cm³/mol. The first-order valence-corrected chi connectivity index (χ1v) is 4.89. The molecule has 0 saturated carbocycles. The summed E-state index contributed by atoms with van der Waals surface area (Å²) in [5.41, 5.74) is 5.06. The second-order valence-corrected chi connectivity index (χ2v) is 3.72. The van der Waals surface area contributed by atoms with Gasteiger partial charge in [-0.05, 0) is 0 Å². The maximum absolute atomic E-state index is 11.5. The van der Waals surface area contributed by atoms with Crippen LogP contribution in [0.5, 0.6) is 0 Å². The zero-order valence-electron chi connectivity index (χ0n) is 8.63. The van der Waals surface area contributed by atoms with Crippen LogP contribution in [0.4, 0.5) is 0 Å². The molecule has 0 aromatic rings. The molecule has 4 N–H and O–H groups in total. The van der Waals surface area contributed by atoms with Crippen molar-refractivity contribution in [2.75, 3.05) is 13.2 Å². The largest absolute Gasteiger partial charge is 0.480 e. The lowest BCUT2D eigenvalue weighted by Gasteiger charge is -2.23. The van der Waals surface area contributed by atoms with Crippen LogP contribution in [0.1, 0.15) is 12.8 Å². The number of nitrogens with two attached hydrogens (primary N) is 1. The molecular weight excluding hydrogens is 216 g/mol. The summed E-state index contributed by atoms with van der Waals surface area (Å²) >= 11 is 0. The van der Waals surface area contributed by atoms with Crippen molar-refractivity contribution in [2.45, 2.75) is 18.9 Å². The second kappa shape index (κ2) is 4.93. The van der Waals surface area contributed by atoms with Gasteiger partial charge in [0.05, 0.1) is 5.92 Å². The molecule has 1 rings (SSSR count). The fourth-order valence-electron chi connectivity index (χ4n) is 1.76. The van der Waals surface area contributed by atoms with Gasteiger partial charge < -0.3 is 20.8 Å². The number of amides is 2. The minimum Gasteiger partial charge on any atom is -0.480 e. The molecule has 0 bridgehead atoms. The molecule has 0 aromatic carbocycles. The van der Waals surface area contributed by atoms with Gasteiger partial charge in [0.15, 0.2) is 0 Å². The molecule has 0 spiro atoms. The van der Waals surface area contributed by atoms with E-state index in [0.29, 0.717) is 0 Å². The Morgan fingerprint density at radius 1 is 1.56 bits per heavy atom. The first kappa shape index (κ1) is 12.4. The number of carboxylic acids is 1. The van der Waals surface area contributed by atoms with Crippen LogP contribution >= 0.6 is 0 Å². The maximum Gasteiger partial charge on any atom is 0.326 e. The van der Waals surface area contributed by atoms with E-state index in [1.165, 1.54) is 0 Å². The molecule has 2 amide bonds. The molecule has 1 heterocycles. The molecule has 1 aliphatic rings. The number of aliphatic hydroxyl groups excluding tert-OH is 1. The van der Waals surface area contributed by atoms with Crippen molar-refractivity contribution in [3.05, 3.63) is 0 Å². The minimum atomic E-state index is -1.19. The molecule has 7 heteroatoms. The normalized spacial score (nSPS) is 22.2. The first-order chi connectivity index (χ1) is 7.47. The van der Waals surface area contributed by atoms with Crippen LogP contribution in [0.3, 0.4) is 0 Å². The van der Waals surface area contributed by atoms with Crippen molar-refractivity contribution >= 4 is 17.8 Å². The lowest BCUT2D eigenvalue weighted by Crippen LogP contribution is -2.43. The number of carbonyl (C=O) groups excluding carboxylic acids is 2. The Morgan fingerprint density at radius 3 is 2.56 bits per heavy atom. The molecule has 90 valence electrons. The maximum atomic E-state index is 11.5. The summed E-state index contributed by atoms with van der Waals surface area (Å²) in [4.78, 5) is 34.3. The highest BCUT2D eigenvalue weighted by Gasteiger charge is 2.39. The Morgan fingerprint density at radius 2 is 2.19 bits per heavy atom. The van der Waals surface area contributed by atoms with Crippen molar-refractivity contribution in [3.63, 3.8) is 0 Å². The quantitative estimate of drug-likeness (QED) is 0.512. The lowest BCUT2D eigenvalue weighted by atomic mass is 10.1. The molecule has 1 unspecified atom stereocenters. The van der Waals surface area contributed by atoms with Gasteiger partial charge in [0.1, 0.15) is 6.04 Å². The third-order valence-corrected chi connectivity index (χ3v) is 2.62. The third kappa shape index (κ3) is 2.48. The summed E-state index contributed by atoms with van der Waals surface area (Å²) in [6, 6.07) is -1.08. The van der Waals surface area contributed by atoms with E-state index in [4.69, 9.17) is 15.9 Å². The average molecular weight is 230 g/mol. The summed E-state index contributed by atoms with van der Waals surface area (Å²) < 4.78 is 0. The first-order valence-electron chi connectivity index (χ1n) is 4.89. The molecule has 0 radical (unpaired) electrons. The van der Waals surface area contributed by atoms with Crippen molar-refractivity contribution in [2.24, 2.45) is 11.7 Å². The molecule has 0 aliphatic carbocycles. The summed E-state index contributed by atoms with van der Waals surface area (Å²) in [7, 11) is 0. The van der Waals surface area contributed by atoms with E-state index in [-0.39, 0.29) is 26.0 Å². The molecule has 1 aliphatic heterocycles. The number of carboxylic acid groups (broad SMARTS) is 1. The van der Waals surface area contributed by atoms with Gasteiger partial charge in [-0.15, -0.1) is 0 Å². The summed E-state index contributed by atoms with van der Waals surface area (Å²) in [6.45, 7) is -0.312. The van der Waals surface area contributed by atoms with Crippen LogP contribution < -0.4 is 5.73 Å². The lowest BCUT2D eigenvalue weighted by molar-refractivity contribution is -0.149. The van der Waals surface area contributed by atoms with E-state index < -0.39 is 29.7 Å². The Labute approximate surface area is 91.8 Å². The smallest absolute Gasteiger partial charge is 0.326 e. The highest BCUT2D eigenvalue weighted by Crippen LogP contribution is 2.21. The van der Waals surface area contributed by atoms with E-state index in [0.717, 1.165) is 4.90 Å². The number of nitrogens with zero attached hydrogens (tertiary/aromatic N) is 1. The topological polar surface area (TPSA) is 121 Å². The van der Waals surface area contributed by atoms with Crippen LogP contribution in [-0.4, -0.2) is 52.1 Å². The van der Waals surface area contributed by atoms with Crippen molar-refractivity contribution < 1.29 is 24.6 Å². The SMILES string of the molecule is NC(=O)C1CC(=O)N([C@@H](CCO)C(=O)O)C1. The third-order valence-electron chi connectivity index (χ3n) is 2.62. The van der Waals surface area contributed by atoms with Gasteiger partial charge in [0, 0.05) is 26.0 Å². The van der Waals surface area contributed by atoms with Gasteiger partial charge >= 0.3 is 5.97 Å². The highest BCUT2D eigenvalue weighted by molar-refractivity contribution is 5.91. The predicted octanol–water partition coefficient (Wildman–Crippen LogP) is -1.84. The number of aliphatic hydroxyl groups is 1. The number of likely N-dealkylation sites (tertiary alicyclic amines) is 1. The molecule has 7 nitrogen and oxygen atoms in total. The fraction of sp³-hybridized carbons (Fsp3) is 0.667. The monoisotopic (exact) mass is 230 g/mol. The number of primary amides is 1. The van der Waals surface area contributed by atoms with Crippen molar-refractivity contribution in [1.29, 1.82) is 0 Å². The number of rotatable bonds is 5.